The van der Waals surface area contributed by atoms with Gasteiger partial charge in [0.1, 0.15) is 5.78 Å². The third-order valence-electron chi connectivity index (χ3n) is 6.84. The number of ketones is 1. The van der Waals surface area contributed by atoms with Crippen LogP contribution >= 0.6 is 0 Å². The first-order valence-corrected chi connectivity index (χ1v) is 9.17. The van der Waals surface area contributed by atoms with Gasteiger partial charge in [0.05, 0.1) is 5.41 Å². The van der Waals surface area contributed by atoms with Gasteiger partial charge in [0.15, 0.2) is 0 Å². The van der Waals surface area contributed by atoms with Crippen LogP contribution < -0.4 is 5.32 Å². The average molecular weight is 295 g/mol. The van der Waals surface area contributed by atoms with Crippen molar-refractivity contribution in [1.82, 2.24) is 5.32 Å². The molecule has 0 amide bonds. The third kappa shape index (κ3) is 1.73. The van der Waals surface area contributed by atoms with Gasteiger partial charge in [0.2, 0.25) is 0 Å². The number of Topliss-reactive ketones (excluding diaryl/α,β-unsaturated/α-hetero) is 1. The van der Waals surface area contributed by atoms with Crippen molar-refractivity contribution in [1.29, 1.82) is 0 Å². The van der Waals surface area contributed by atoms with E-state index in [1.54, 1.807) is 5.56 Å². The zero-order valence-electron chi connectivity index (χ0n) is 13.2. The molecule has 1 heterocycles. The highest BCUT2D eigenvalue weighted by molar-refractivity contribution is 5.92. The highest BCUT2D eigenvalue weighted by atomic mass is 16.1. The largest absolute Gasteiger partial charge is 0.313 e. The number of benzene rings is 1. The summed E-state index contributed by atoms with van der Waals surface area (Å²) in [5, 5.41) is 3.75. The predicted molar refractivity (Wildman–Crippen MR) is 87.0 cm³/mol. The average Bonchev–Trinajstić information content (AvgIpc) is 3.33. The minimum Gasteiger partial charge on any atom is -0.313 e. The lowest BCUT2D eigenvalue weighted by atomic mass is 9.52. The lowest BCUT2D eigenvalue weighted by Crippen LogP contribution is -2.63. The molecule has 5 rings (SSSR count). The van der Waals surface area contributed by atoms with Crippen LogP contribution in [0.2, 0.25) is 0 Å². The number of carbonyl (C=O) groups excluding carboxylic acids is 1. The van der Waals surface area contributed by atoms with Crippen LogP contribution in [0, 0.1) is 11.8 Å². The maximum atomic E-state index is 13.0. The molecule has 0 unspecified atom stereocenters. The molecule has 2 bridgehead atoms. The quantitative estimate of drug-likeness (QED) is 0.908. The minimum atomic E-state index is -0.138. The Kier molecular flexibility index (Phi) is 2.83. The second kappa shape index (κ2) is 4.67. The summed E-state index contributed by atoms with van der Waals surface area (Å²) in [6.45, 7) is 1.01. The van der Waals surface area contributed by atoms with Crippen LogP contribution in [0.5, 0.6) is 0 Å². The maximum Gasteiger partial charge on any atom is 0.143 e. The van der Waals surface area contributed by atoms with E-state index in [0.29, 0.717) is 17.7 Å². The van der Waals surface area contributed by atoms with E-state index in [4.69, 9.17) is 0 Å². The van der Waals surface area contributed by atoms with Gasteiger partial charge in [-0.3, -0.25) is 4.79 Å². The predicted octanol–water partition coefficient (Wildman–Crippen LogP) is 3.16. The number of piperidine rings is 1. The van der Waals surface area contributed by atoms with Crippen molar-refractivity contribution in [2.45, 2.75) is 62.8 Å². The molecule has 3 aliphatic carbocycles. The highest BCUT2D eigenvalue weighted by Gasteiger charge is 2.56. The first kappa shape index (κ1) is 13.3. The third-order valence-corrected chi connectivity index (χ3v) is 6.84. The van der Waals surface area contributed by atoms with E-state index in [1.807, 2.05) is 0 Å². The van der Waals surface area contributed by atoms with E-state index in [-0.39, 0.29) is 5.41 Å². The van der Waals surface area contributed by atoms with Gasteiger partial charge in [-0.25, -0.2) is 0 Å². The SMILES string of the molecule is O=C1CCC[C@H]2[C@H]3Cc4c(CC5CC5)cccc4[C@@]12CCN3. The number of carbonyl (C=O) groups is 1. The lowest BCUT2D eigenvalue weighted by molar-refractivity contribution is -0.132. The Morgan fingerprint density at radius 3 is 3.00 bits per heavy atom. The molecule has 1 aromatic rings. The molecular weight excluding hydrogens is 270 g/mol. The van der Waals surface area contributed by atoms with E-state index in [9.17, 15) is 4.79 Å². The Morgan fingerprint density at radius 2 is 2.14 bits per heavy atom. The second-order valence-corrected chi connectivity index (χ2v) is 8.00. The number of rotatable bonds is 2. The summed E-state index contributed by atoms with van der Waals surface area (Å²) in [5.41, 5.74) is 4.38. The number of nitrogens with one attached hydrogen (secondary N) is 1. The van der Waals surface area contributed by atoms with Gasteiger partial charge in [-0.05, 0) is 80.0 Å². The molecule has 2 nitrogen and oxygen atoms in total. The van der Waals surface area contributed by atoms with Crippen LogP contribution in [-0.4, -0.2) is 18.4 Å². The maximum absolute atomic E-state index is 13.0. The van der Waals surface area contributed by atoms with Crippen LogP contribution in [0.15, 0.2) is 18.2 Å². The zero-order valence-corrected chi connectivity index (χ0v) is 13.2. The molecule has 3 atom stereocenters. The highest BCUT2D eigenvalue weighted by Crippen LogP contribution is 2.53. The fourth-order valence-electron chi connectivity index (χ4n) is 5.66. The van der Waals surface area contributed by atoms with E-state index in [1.165, 1.54) is 36.8 Å². The van der Waals surface area contributed by atoms with Gasteiger partial charge in [-0.1, -0.05) is 18.2 Å². The van der Waals surface area contributed by atoms with Crippen molar-refractivity contribution in [3.8, 4) is 0 Å². The van der Waals surface area contributed by atoms with Crippen LogP contribution in [-0.2, 0) is 23.1 Å². The van der Waals surface area contributed by atoms with E-state index >= 15 is 0 Å². The van der Waals surface area contributed by atoms with Gasteiger partial charge in [-0.2, -0.15) is 0 Å². The summed E-state index contributed by atoms with van der Waals surface area (Å²) in [4.78, 5) is 13.0. The molecule has 1 aliphatic heterocycles. The Balaban J connectivity index is 1.68. The van der Waals surface area contributed by atoms with E-state index in [2.05, 4.69) is 23.5 Å². The lowest BCUT2D eigenvalue weighted by Gasteiger charge is -2.54. The van der Waals surface area contributed by atoms with Crippen molar-refractivity contribution in [2.24, 2.45) is 11.8 Å². The molecule has 2 heteroatoms. The molecule has 1 saturated heterocycles. The zero-order chi connectivity index (χ0) is 14.7. The van der Waals surface area contributed by atoms with Crippen LogP contribution in [0.25, 0.3) is 0 Å². The molecule has 0 aromatic heterocycles. The molecule has 1 aromatic carbocycles. The van der Waals surface area contributed by atoms with Crippen molar-refractivity contribution >= 4 is 5.78 Å². The van der Waals surface area contributed by atoms with E-state index in [0.717, 1.165) is 38.1 Å². The molecule has 4 aliphatic rings. The molecule has 0 radical (unpaired) electrons. The Morgan fingerprint density at radius 1 is 1.23 bits per heavy atom. The van der Waals surface area contributed by atoms with E-state index < -0.39 is 0 Å². The molecular formula is C20H25NO. The van der Waals surface area contributed by atoms with Crippen molar-refractivity contribution < 1.29 is 4.79 Å². The number of hydrogen-bond donors (Lipinski definition) is 1. The Bertz CT molecular complexity index is 633. The van der Waals surface area contributed by atoms with Crippen molar-refractivity contribution in [2.75, 3.05) is 6.54 Å². The molecule has 22 heavy (non-hydrogen) atoms. The Hall–Kier alpha value is -1.15. The normalized spacial score (nSPS) is 36.6. The van der Waals surface area contributed by atoms with Gasteiger partial charge >= 0.3 is 0 Å². The first-order valence-electron chi connectivity index (χ1n) is 9.17. The fraction of sp³-hybridized carbons (Fsp3) is 0.650. The van der Waals surface area contributed by atoms with Gasteiger partial charge in [-0.15, -0.1) is 0 Å². The number of fused-ring (bicyclic) bond motifs is 1. The summed E-state index contributed by atoms with van der Waals surface area (Å²) < 4.78 is 0. The topological polar surface area (TPSA) is 29.1 Å². The first-order chi connectivity index (χ1) is 10.8. The number of hydrogen-bond acceptors (Lipinski definition) is 2. The van der Waals surface area contributed by atoms with Crippen LogP contribution in [0.1, 0.15) is 55.2 Å². The van der Waals surface area contributed by atoms with Gasteiger partial charge in [0, 0.05) is 12.5 Å². The standard InChI is InChI=1S/C20H25NO/c22-19-6-2-5-17-18-12-15-14(11-13-7-8-13)3-1-4-16(15)20(17,19)9-10-21-18/h1,3-4,13,17-18,21H,2,5-12H2/t17-,18+,20+/m0/s1. The molecule has 116 valence electrons. The molecule has 3 fully saturated rings. The van der Waals surface area contributed by atoms with Crippen LogP contribution in [0.4, 0.5) is 0 Å². The van der Waals surface area contributed by atoms with Crippen molar-refractivity contribution in [3.05, 3.63) is 34.9 Å². The summed E-state index contributed by atoms with van der Waals surface area (Å²) >= 11 is 0. The van der Waals surface area contributed by atoms with Gasteiger partial charge in [0.25, 0.3) is 0 Å². The minimum absolute atomic E-state index is 0.138. The van der Waals surface area contributed by atoms with Crippen molar-refractivity contribution in [3.63, 3.8) is 0 Å². The molecule has 0 spiro atoms. The summed E-state index contributed by atoms with van der Waals surface area (Å²) in [7, 11) is 0. The molecule has 2 saturated carbocycles. The second-order valence-electron chi connectivity index (χ2n) is 8.00. The monoisotopic (exact) mass is 295 g/mol. The summed E-state index contributed by atoms with van der Waals surface area (Å²) in [6.07, 6.45) is 9.34. The van der Waals surface area contributed by atoms with Crippen LogP contribution in [0.3, 0.4) is 0 Å². The summed E-state index contributed by atoms with van der Waals surface area (Å²) in [5.74, 6) is 2.00. The Labute approximate surface area is 132 Å². The molecule has 1 N–H and O–H groups in total. The fourth-order valence-corrected chi connectivity index (χ4v) is 5.66. The summed E-state index contributed by atoms with van der Waals surface area (Å²) in [6, 6.07) is 7.39. The smallest absolute Gasteiger partial charge is 0.143 e. The van der Waals surface area contributed by atoms with Gasteiger partial charge < -0.3 is 5.32 Å².